The number of nitrogens with zero attached hydrogens (tertiary/aromatic N) is 2. The molecule has 0 saturated heterocycles. The number of carbonyl (C=O) groups excluding carboxylic acids is 1. The number of hydrogen-bond donors (Lipinski definition) is 2. The van der Waals surface area contributed by atoms with Gasteiger partial charge in [-0.25, -0.2) is 9.97 Å². The molecule has 0 fully saturated rings. The van der Waals surface area contributed by atoms with Crippen molar-refractivity contribution in [2.24, 2.45) is 0 Å². The summed E-state index contributed by atoms with van der Waals surface area (Å²) >= 11 is 7.04. The SMILES string of the molecule is Nc1nc2ccc(C(=O)Nc3ccc(Cl)nc3)cc2s1. The Bertz CT molecular complexity index is 785. The molecule has 0 spiro atoms. The number of aromatic nitrogens is 2. The Morgan fingerprint density at radius 1 is 1.30 bits per heavy atom. The first-order valence-electron chi connectivity index (χ1n) is 5.71. The fourth-order valence-electron chi connectivity index (χ4n) is 1.74. The van der Waals surface area contributed by atoms with E-state index < -0.39 is 0 Å². The van der Waals surface area contributed by atoms with Gasteiger partial charge < -0.3 is 11.1 Å². The van der Waals surface area contributed by atoms with Crippen LogP contribution in [0.1, 0.15) is 10.4 Å². The van der Waals surface area contributed by atoms with E-state index in [1.807, 2.05) is 0 Å². The van der Waals surface area contributed by atoms with Crippen LogP contribution in [0.15, 0.2) is 36.5 Å². The van der Waals surface area contributed by atoms with Gasteiger partial charge in [0.15, 0.2) is 5.13 Å². The van der Waals surface area contributed by atoms with E-state index in [0.717, 1.165) is 10.2 Å². The molecule has 1 amide bonds. The van der Waals surface area contributed by atoms with Crippen LogP contribution in [0.5, 0.6) is 0 Å². The molecule has 3 rings (SSSR count). The van der Waals surface area contributed by atoms with Crippen molar-refractivity contribution in [1.82, 2.24) is 9.97 Å². The molecular weight excluding hydrogens is 296 g/mol. The normalized spacial score (nSPS) is 10.7. The Morgan fingerprint density at radius 3 is 2.90 bits per heavy atom. The molecule has 0 atom stereocenters. The summed E-state index contributed by atoms with van der Waals surface area (Å²) in [7, 11) is 0. The molecule has 0 radical (unpaired) electrons. The molecule has 2 aromatic heterocycles. The summed E-state index contributed by atoms with van der Waals surface area (Å²) in [6.07, 6.45) is 1.50. The lowest BCUT2D eigenvalue weighted by Gasteiger charge is -2.04. The molecule has 1 aromatic carbocycles. The van der Waals surface area contributed by atoms with Crippen LogP contribution in [0.25, 0.3) is 10.2 Å². The Hall–Kier alpha value is -2.18. The molecule has 0 aliphatic rings. The third kappa shape index (κ3) is 2.56. The topological polar surface area (TPSA) is 80.9 Å². The number of nitrogen functional groups attached to an aromatic ring is 1. The zero-order valence-corrected chi connectivity index (χ0v) is 11.7. The van der Waals surface area contributed by atoms with Crippen molar-refractivity contribution in [2.75, 3.05) is 11.1 Å². The molecule has 3 N–H and O–H groups in total. The van der Waals surface area contributed by atoms with Gasteiger partial charge in [0.25, 0.3) is 5.91 Å². The highest BCUT2D eigenvalue weighted by Gasteiger charge is 2.09. The van der Waals surface area contributed by atoms with Gasteiger partial charge in [-0.15, -0.1) is 0 Å². The molecule has 5 nitrogen and oxygen atoms in total. The third-order valence-corrected chi connectivity index (χ3v) is 3.72. The molecular formula is C13H9ClN4OS. The summed E-state index contributed by atoms with van der Waals surface area (Å²) in [6.45, 7) is 0. The van der Waals surface area contributed by atoms with E-state index in [2.05, 4.69) is 15.3 Å². The number of amides is 1. The Labute approximate surface area is 123 Å². The molecule has 7 heteroatoms. The van der Waals surface area contributed by atoms with Crippen LogP contribution in [0, 0.1) is 0 Å². The second kappa shape index (κ2) is 5.07. The minimum Gasteiger partial charge on any atom is -0.375 e. The van der Waals surface area contributed by atoms with E-state index in [1.54, 1.807) is 30.3 Å². The van der Waals surface area contributed by atoms with Crippen molar-refractivity contribution >= 4 is 49.9 Å². The first-order chi connectivity index (χ1) is 9.61. The number of halogens is 1. The highest BCUT2D eigenvalue weighted by Crippen LogP contribution is 2.25. The Morgan fingerprint density at radius 2 is 2.15 bits per heavy atom. The summed E-state index contributed by atoms with van der Waals surface area (Å²) in [5, 5.41) is 3.61. The number of thiazole rings is 1. The predicted molar refractivity (Wildman–Crippen MR) is 81.2 cm³/mol. The minimum absolute atomic E-state index is 0.219. The van der Waals surface area contributed by atoms with Crippen LogP contribution in [0.3, 0.4) is 0 Å². The van der Waals surface area contributed by atoms with Gasteiger partial charge in [0, 0.05) is 5.56 Å². The fourth-order valence-corrected chi connectivity index (χ4v) is 2.62. The lowest BCUT2D eigenvalue weighted by molar-refractivity contribution is 0.102. The predicted octanol–water partition coefficient (Wildman–Crippen LogP) is 3.18. The molecule has 0 bridgehead atoms. The maximum atomic E-state index is 12.1. The smallest absolute Gasteiger partial charge is 0.255 e. The third-order valence-electron chi connectivity index (χ3n) is 2.65. The fraction of sp³-hybridized carbons (Fsp3) is 0. The largest absolute Gasteiger partial charge is 0.375 e. The van der Waals surface area contributed by atoms with Crippen LogP contribution in [-0.2, 0) is 0 Å². The number of pyridine rings is 1. The second-order valence-electron chi connectivity index (χ2n) is 4.06. The number of carbonyl (C=O) groups is 1. The summed E-state index contributed by atoms with van der Waals surface area (Å²) in [4.78, 5) is 20.2. The quantitative estimate of drug-likeness (QED) is 0.712. The maximum Gasteiger partial charge on any atom is 0.255 e. The lowest BCUT2D eigenvalue weighted by atomic mass is 10.2. The molecule has 3 aromatic rings. The zero-order valence-electron chi connectivity index (χ0n) is 10.1. The first kappa shape index (κ1) is 12.8. The molecule has 0 aliphatic carbocycles. The van der Waals surface area contributed by atoms with E-state index in [-0.39, 0.29) is 5.91 Å². The number of fused-ring (bicyclic) bond motifs is 1. The average molecular weight is 305 g/mol. The molecule has 2 heterocycles. The average Bonchev–Trinajstić information content (AvgIpc) is 2.80. The maximum absolute atomic E-state index is 12.1. The van der Waals surface area contributed by atoms with Gasteiger partial charge in [-0.2, -0.15) is 0 Å². The van der Waals surface area contributed by atoms with E-state index >= 15 is 0 Å². The van der Waals surface area contributed by atoms with Crippen molar-refractivity contribution in [3.63, 3.8) is 0 Å². The lowest BCUT2D eigenvalue weighted by Crippen LogP contribution is -2.11. The summed E-state index contributed by atoms with van der Waals surface area (Å²) in [5.41, 5.74) is 7.55. The van der Waals surface area contributed by atoms with Crippen LogP contribution >= 0.6 is 22.9 Å². The van der Waals surface area contributed by atoms with E-state index in [9.17, 15) is 4.79 Å². The standard InChI is InChI=1S/C13H9ClN4OS/c14-11-4-2-8(6-16-11)17-12(19)7-1-3-9-10(5-7)20-13(15)18-9/h1-6H,(H2,15,18)(H,17,19). The number of anilines is 2. The number of rotatable bonds is 2. The van der Waals surface area contributed by atoms with Crippen molar-refractivity contribution in [2.45, 2.75) is 0 Å². The second-order valence-corrected chi connectivity index (χ2v) is 5.51. The van der Waals surface area contributed by atoms with E-state index in [4.69, 9.17) is 17.3 Å². The summed E-state index contributed by atoms with van der Waals surface area (Å²) in [5.74, 6) is -0.219. The first-order valence-corrected chi connectivity index (χ1v) is 6.90. The van der Waals surface area contributed by atoms with Gasteiger partial charge in [0.1, 0.15) is 5.15 Å². The minimum atomic E-state index is -0.219. The van der Waals surface area contributed by atoms with Gasteiger partial charge in [0.05, 0.1) is 22.1 Å². The molecule has 20 heavy (non-hydrogen) atoms. The van der Waals surface area contributed by atoms with E-state index in [0.29, 0.717) is 21.5 Å². The van der Waals surface area contributed by atoms with Gasteiger partial charge in [-0.3, -0.25) is 4.79 Å². The van der Waals surface area contributed by atoms with Crippen LogP contribution in [0.4, 0.5) is 10.8 Å². The van der Waals surface area contributed by atoms with Crippen molar-refractivity contribution in [3.8, 4) is 0 Å². The summed E-state index contributed by atoms with van der Waals surface area (Å²) < 4.78 is 0.879. The number of nitrogens with two attached hydrogens (primary N) is 1. The van der Waals surface area contributed by atoms with Gasteiger partial charge in [-0.1, -0.05) is 22.9 Å². The van der Waals surface area contributed by atoms with Gasteiger partial charge >= 0.3 is 0 Å². The van der Waals surface area contributed by atoms with Crippen molar-refractivity contribution < 1.29 is 4.79 Å². The molecule has 100 valence electrons. The van der Waals surface area contributed by atoms with Crippen molar-refractivity contribution in [1.29, 1.82) is 0 Å². The molecule has 0 unspecified atom stereocenters. The van der Waals surface area contributed by atoms with Crippen LogP contribution in [0.2, 0.25) is 5.15 Å². The van der Waals surface area contributed by atoms with Crippen LogP contribution < -0.4 is 11.1 Å². The number of benzene rings is 1. The van der Waals surface area contributed by atoms with Gasteiger partial charge in [0.2, 0.25) is 0 Å². The Balaban J connectivity index is 1.86. The molecule has 0 saturated carbocycles. The zero-order chi connectivity index (χ0) is 14.1. The van der Waals surface area contributed by atoms with Crippen molar-refractivity contribution in [3.05, 3.63) is 47.2 Å². The highest BCUT2D eigenvalue weighted by molar-refractivity contribution is 7.22. The van der Waals surface area contributed by atoms with Gasteiger partial charge in [-0.05, 0) is 30.3 Å². The number of hydrogen-bond acceptors (Lipinski definition) is 5. The monoisotopic (exact) mass is 304 g/mol. The van der Waals surface area contributed by atoms with Crippen LogP contribution in [-0.4, -0.2) is 15.9 Å². The highest BCUT2D eigenvalue weighted by atomic mass is 35.5. The molecule has 0 aliphatic heterocycles. The summed E-state index contributed by atoms with van der Waals surface area (Å²) in [6, 6.07) is 8.56. The number of nitrogens with one attached hydrogen (secondary N) is 1. The Kier molecular flexibility index (Phi) is 3.25. The van der Waals surface area contributed by atoms with E-state index in [1.165, 1.54) is 17.5 Å².